The van der Waals surface area contributed by atoms with E-state index in [9.17, 15) is 4.79 Å². The molecule has 2 aliphatic rings. The van der Waals surface area contributed by atoms with Crippen molar-refractivity contribution < 1.29 is 9.53 Å². The Labute approximate surface area is 125 Å². The number of carbonyl (C=O) groups excluding carboxylic acids is 1. The average Bonchev–Trinajstić information content (AvgIpc) is 2.47. The standard InChI is InChI=1S/C17H20N2O2/c1-11-3-4-12(8-18)5-16(11)17(20)13-6-14-9-21-10-15(7-13)19(14)2/h3-5,13-15H,6-7,9-10H2,1-2H3. The molecular formula is C17H20N2O2. The first-order valence-corrected chi connectivity index (χ1v) is 7.44. The molecule has 2 saturated heterocycles. The fraction of sp³-hybridized carbons (Fsp3) is 0.529. The van der Waals surface area contributed by atoms with Gasteiger partial charge >= 0.3 is 0 Å². The molecule has 0 aliphatic carbocycles. The minimum atomic E-state index is 0.0488. The molecule has 0 radical (unpaired) electrons. The summed E-state index contributed by atoms with van der Waals surface area (Å²) >= 11 is 0. The van der Waals surface area contributed by atoms with E-state index in [-0.39, 0.29) is 11.7 Å². The summed E-state index contributed by atoms with van der Waals surface area (Å²) in [5.41, 5.74) is 2.22. The van der Waals surface area contributed by atoms with Gasteiger partial charge in [-0.1, -0.05) is 6.07 Å². The van der Waals surface area contributed by atoms with Crippen molar-refractivity contribution in [1.29, 1.82) is 5.26 Å². The number of piperidine rings is 1. The summed E-state index contributed by atoms with van der Waals surface area (Å²) in [5.74, 6) is 0.238. The smallest absolute Gasteiger partial charge is 0.166 e. The molecule has 1 aromatic carbocycles. The lowest BCUT2D eigenvalue weighted by atomic mass is 9.80. The maximum atomic E-state index is 12.9. The fourth-order valence-electron chi connectivity index (χ4n) is 3.49. The summed E-state index contributed by atoms with van der Waals surface area (Å²) in [6.45, 7) is 3.37. The van der Waals surface area contributed by atoms with E-state index in [1.807, 2.05) is 13.0 Å². The van der Waals surface area contributed by atoms with Crippen molar-refractivity contribution in [2.24, 2.45) is 5.92 Å². The molecule has 3 rings (SSSR count). The number of hydrogen-bond acceptors (Lipinski definition) is 4. The summed E-state index contributed by atoms with van der Waals surface area (Å²) < 4.78 is 5.60. The van der Waals surface area contributed by atoms with Crippen LogP contribution in [0.25, 0.3) is 0 Å². The Morgan fingerprint density at radius 3 is 2.62 bits per heavy atom. The van der Waals surface area contributed by atoms with Crippen molar-refractivity contribution in [3.8, 4) is 6.07 Å². The lowest BCUT2D eigenvalue weighted by Crippen LogP contribution is -2.55. The van der Waals surface area contributed by atoms with Crippen molar-refractivity contribution in [3.63, 3.8) is 0 Å². The van der Waals surface area contributed by atoms with Gasteiger partial charge in [0.1, 0.15) is 0 Å². The van der Waals surface area contributed by atoms with Gasteiger partial charge in [0.25, 0.3) is 0 Å². The second kappa shape index (κ2) is 5.59. The van der Waals surface area contributed by atoms with Crippen molar-refractivity contribution in [1.82, 2.24) is 4.90 Å². The van der Waals surface area contributed by atoms with Crippen LogP contribution in [0.1, 0.15) is 34.3 Å². The lowest BCUT2D eigenvalue weighted by molar-refractivity contribution is -0.0702. The SMILES string of the molecule is Cc1ccc(C#N)cc1C(=O)C1CC2COCC(C1)N2C. The average molecular weight is 284 g/mol. The molecule has 0 N–H and O–H groups in total. The quantitative estimate of drug-likeness (QED) is 0.781. The summed E-state index contributed by atoms with van der Waals surface area (Å²) in [6, 6.07) is 8.17. The van der Waals surface area contributed by atoms with Crippen LogP contribution in [0.3, 0.4) is 0 Å². The Balaban J connectivity index is 1.85. The number of benzene rings is 1. The summed E-state index contributed by atoms with van der Waals surface area (Å²) in [5, 5.41) is 9.03. The normalized spacial score (nSPS) is 28.9. The van der Waals surface area contributed by atoms with Gasteiger partial charge in [-0.15, -0.1) is 0 Å². The van der Waals surface area contributed by atoms with Gasteiger partial charge in [-0.3, -0.25) is 9.69 Å². The van der Waals surface area contributed by atoms with E-state index in [1.165, 1.54) is 0 Å². The number of aryl methyl sites for hydroxylation is 1. The molecule has 2 heterocycles. The topological polar surface area (TPSA) is 53.3 Å². The molecule has 21 heavy (non-hydrogen) atoms. The van der Waals surface area contributed by atoms with Crippen molar-refractivity contribution in [2.45, 2.75) is 31.8 Å². The zero-order valence-electron chi connectivity index (χ0n) is 12.5. The number of Topliss-reactive ketones (excluding diaryl/α,β-unsaturated/α-hetero) is 1. The van der Waals surface area contributed by atoms with Crippen molar-refractivity contribution >= 4 is 5.78 Å². The zero-order chi connectivity index (χ0) is 15.0. The van der Waals surface area contributed by atoms with E-state index in [1.54, 1.807) is 12.1 Å². The summed E-state index contributed by atoms with van der Waals surface area (Å²) in [7, 11) is 2.13. The number of likely N-dealkylation sites (N-methyl/N-ethyl adjacent to an activating group) is 1. The Kier molecular flexibility index (Phi) is 3.79. The molecule has 0 saturated carbocycles. The van der Waals surface area contributed by atoms with E-state index in [0.29, 0.717) is 36.4 Å². The molecule has 2 atom stereocenters. The molecule has 110 valence electrons. The van der Waals surface area contributed by atoms with Gasteiger partial charge in [-0.05, 0) is 44.5 Å². The first kappa shape index (κ1) is 14.2. The number of nitriles is 1. The molecule has 4 nitrogen and oxygen atoms in total. The maximum Gasteiger partial charge on any atom is 0.166 e. The fourth-order valence-corrected chi connectivity index (χ4v) is 3.49. The number of fused-ring (bicyclic) bond motifs is 2. The second-order valence-corrected chi connectivity index (χ2v) is 6.18. The van der Waals surface area contributed by atoms with E-state index in [4.69, 9.17) is 10.00 Å². The van der Waals surface area contributed by atoms with Crippen molar-refractivity contribution in [2.75, 3.05) is 20.3 Å². The molecule has 2 bridgehead atoms. The van der Waals surface area contributed by atoms with E-state index in [0.717, 1.165) is 18.4 Å². The van der Waals surface area contributed by atoms with E-state index >= 15 is 0 Å². The van der Waals surface area contributed by atoms with Gasteiger partial charge in [0.2, 0.25) is 0 Å². The largest absolute Gasteiger partial charge is 0.378 e. The van der Waals surface area contributed by atoms with Crippen LogP contribution in [0.15, 0.2) is 18.2 Å². The zero-order valence-corrected chi connectivity index (χ0v) is 12.5. The molecule has 2 aliphatic heterocycles. The highest BCUT2D eigenvalue weighted by molar-refractivity contribution is 5.99. The molecule has 2 unspecified atom stereocenters. The van der Waals surface area contributed by atoms with Crippen LogP contribution in [-0.4, -0.2) is 43.0 Å². The Bertz CT molecular complexity index is 591. The van der Waals surface area contributed by atoms with Gasteiger partial charge < -0.3 is 4.74 Å². The number of ketones is 1. The molecular weight excluding hydrogens is 264 g/mol. The lowest BCUT2D eigenvalue weighted by Gasteiger charge is -2.46. The van der Waals surface area contributed by atoms with Crippen LogP contribution in [0.4, 0.5) is 0 Å². The van der Waals surface area contributed by atoms with Crippen molar-refractivity contribution in [3.05, 3.63) is 34.9 Å². The first-order valence-electron chi connectivity index (χ1n) is 7.44. The number of rotatable bonds is 2. The van der Waals surface area contributed by atoms with Crippen LogP contribution in [0, 0.1) is 24.2 Å². The number of nitrogens with zero attached hydrogens (tertiary/aromatic N) is 2. The van der Waals surface area contributed by atoms with E-state index < -0.39 is 0 Å². The third-order valence-electron chi connectivity index (χ3n) is 4.89. The van der Waals surface area contributed by atoms with Gasteiger partial charge in [-0.2, -0.15) is 5.26 Å². The molecule has 4 heteroatoms. The highest BCUT2D eigenvalue weighted by Gasteiger charge is 2.39. The van der Waals surface area contributed by atoms with Crippen LogP contribution in [0.2, 0.25) is 0 Å². The van der Waals surface area contributed by atoms with Gasteiger partial charge in [0.05, 0.1) is 24.8 Å². The minimum Gasteiger partial charge on any atom is -0.378 e. The first-order chi connectivity index (χ1) is 10.1. The summed E-state index contributed by atoms with van der Waals surface area (Å²) in [6.07, 6.45) is 1.70. The highest BCUT2D eigenvalue weighted by Crippen LogP contribution is 2.33. The Morgan fingerprint density at radius 1 is 1.33 bits per heavy atom. The number of morpholine rings is 1. The number of ether oxygens (including phenoxy) is 1. The third-order valence-corrected chi connectivity index (χ3v) is 4.89. The van der Waals surface area contributed by atoms with E-state index in [2.05, 4.69) is 18.0 Å². The molecule has 1 aromatic rings. The van der Waals surface area contributed by atoms with Crippen LogP contribution in [-0.2, 0) is 4.74 Å². The van der Waals surface area contributed by atoms with Gasteiger partial charge in [-0.25, -0.2) is 0 Å². The van der Waals surface area contributed by atoms with Gasteiger partial charge in [0, 0.05) is 23.6 Å². The highest BCUT2D eigenvalue weighted by atomic mass is 16.5. The predicted octanol–water partition coefficient (Wildman–Crippen LogP) is 2.16. The Morgan fingerprint density at radius 2 is 2.00 bits per heavy atom. The van der Waals surface area contributed by atoms with Gasteiger partial charge in [0.15, 0.2) is 5.78 Å². The molecule has 2 fully saturated rings. The predicted molar refractivity (Wildman–Crippen MR) is 79.1 cm³/mol. The minimum absolute atomic E-state index is 0.0488. The monoisotopic (exact) mass is 284 g/mol. The molecule has 0 aromatic heterocycles. The molecule has 0 amide bonds. The maximum absolute atomic E-state index is 12.9. The summed E-state index contributed by atoms with van der Waals surface area (Å²) in [4.78, 5) is 15.2. The Hall–Kier alpha value is -1.70. The number of hydrogen-bond donors (Lipinski definition) is 0. The van der Waals surface area contributed by atoms with Crippen LogP contribution < -0.4 is 0 Å². The third kappa shape index (κ3) is 2.59. The molecule has 0 spiro atoms. The second-order valence-electron chi connectivity index (χ2n) is 6.18. The van der Waals surface area contributed by atoms with Crippen LogP contribution in [0.5, 0.6) is 0 Å². The van der Waals surface area contributed by atoms with Crippen LogP contribution >= 0.6 is 0 Å². The number of carbonyl (C=O) groups is 1.